The van der Waals surface area contributed by atoms with Gasteiger partial charge in [0, 0.05) is 3.57 Å². The van der Waals surface area contributed by atoms with E-state index in [2.05, 4.69) is 65.2 Å². The highest BCUT2D eigenvalue weighted by molar-refractivity contribution is 14.1. The Kier molecular flexibility index (Phi) is 5.87. The Bertz CT molecular complexity index is 601. The van der Waals surface area contributed by atoms with Crippen molar-refractivity contribution in [2.24, 2.45) is 0 Å². The van der Waals surface area contributed by atoms with Crippen molar-refractivity contribution >= 4 is 22.6 Å². The molecule has 1 atom stereocenters. The van der Waals surface area contributed by atoms with E-state index in [-0.39, 0.29) is 6.04 Å². The highest BCUT2D eigenvalue weighted by Gasteiger charge is 2.17. The average molecular weight is 397 g/mol. The second-order valence-corrected chi connectivity index (χ2v) is 5.79. The SMILES string of the molecule is CCNC(c1ccc(OC)c(OC)c1)c1ccccc1I. The van der Waals surface area contributed by atoms with Gasteiger partial charge >= 0.3 is 0 Å². The van der Waals surface area contributed by atoms with Gasteiger partial charge in [0.15, 0.2) is 11.5 Å². The van der Waals surface area contributed by atoms with E-state index in [1.807, 2.05) is 12.1 Å². The van der Waals surface area contributed by atoms with Crippen molar-refractivity contribution in [1.82, 2.24) is 5.32 Å². The maximum atomic E-state index is 5.42. The molecule has 1 N–H and O–H groups in total. The van der Waals surface area contributed by atoms with Crippen LogP contribution in [-0.4, -0.2) is 20.8 Å². The predicted octanol–water partition coefficient (Wildman–Crippen LogP) is 4.01. The van der Waals surface area contributed by atoms with Crippen LogP contribution in [0.5, 0.6) is 11.5 Å². The van der Waals surface area contributed by atoms with Gasteiger partial charge in [0.1, 0.15) is 0 Å². The molecule has 2 aromatic carbocycles. The monoisotopic (exact) mass is 397 g/mol. The molecule has 2 aromatic rings. The second kappa shape index (κ2) is 7.66. The summed E-state index contributed by atoms with van der Waals surface area (Å²) in [6.45, 7) is 3.01. The van der Waals surface area contributed by atoms with E-state index in [0.29, 0.717) is 0 Å². The third kappa shape index (κ3) is 3.68. The lowest BCUT2D eigenvalue weighted by atomic mass is 9.98. The van der Waals surface area contributed by atoms with Gasteiger partial charge in [-0.15, -0.1) is 0 Å². The lowest BCUT2D eigenvalue weighted by Gasteiger charge is -2.21. The zero-order chi connectivity index (χ0) is 15.2. The fourth-order valence-corrected chi connectivity index (χ4v) is 3.05. The van der Waals surface area contributed by atoms with Crippen molar-refractivity contribution in [1.29, 1.82) is 0 Å². The Labute approximate surface area is 139 Å². The molecule has 21 heavy (non-hydrogen) atoms. The molecule has 1 unspecified atom stereocenters. The van der Waals surface area contributed by atoms with Crippen molar-refractivity contribution < 1.29 is 9.47 Å². The summed E-state index contributed by atoms with van der Waals surface area (Å²) in [7, 11) is 3.32. The van der Waals surface area contributed by atoms with Gasteiger partial charge < -0.3 is 14.8 Å². The fourth-order valence-electron chi connectivity index (χ4n) is 2.35. The molecule has 2 rings (SSSR count). The third-order valence-electron chi connectivity index (χ3n) is 3.37. The van der Waals surface area contributed by atoms with Gasteiger partial charge in [0.2, 0.25) is 0 Å². The molecule has 0 heterocycles. The summed E-state index contributed by atoms with van der Waals surface area (Å²) in [5, 5.41) is 3.54. The molecule has 3 nitrogen and oxygen atoms in total. The van der Waals surface area contributed by atoms with Gasteiger partial charge in [-0.05, 0) is 58.5 Å². The molecule has 4 heteroatoms. The fraction of sp³-hybridized carbons (Fsp3) is 0.294. The summed E-state index contributed by atoms with van der Waals surface area (Å²) >= 11 is 2.38. The van der Waals surface area contributed by atoms with Crippen molar-refractivity contribution in [2.45, 2.75) is 13.0 Å². The number of rotatable bonds is 6. The smallest absolute Gasteiger partial charge is 0.161 e. The Morgan fingerprint density at radius 3 is 2.38 bits per heavy atom. The second-order valence-electron chi connectivity index (χ2n) is 4.63. The van der Waals surface area contributed by atoms with E-state index < -0.39 is 0 Å². The largest absolute Gasteiger partial charge is 0.493 e. The zero-order valence-electron chi connectivity index (χ0n) is 12.5. The van der Waals surface area contributed by atoms with Gasteiger partial charge in [-0.25, -0.2) is 0 Å². The molecule has 0 radical (unpaired) electrons. The van der Waals surface area contributed by atoms with Crippen molar-refractivity contribution in [3.8, 4) is 11.5 Å². The Morgan fingerprint density at radius 2 is 1.76 bits per heavy atom. The van der Waals surface area contributed by atoms with Crippen LogP contribution >= 0.6 is 22.6 Å². The molecule has 0 saturated heterocycles. The summed E-state index contributed by atoms with van der Waals surface area (Å²) in [5.74, 6) is 1.50. The molecule has 0 fully saturated rings. The number of ether oxygens (including phenoxy) is 2. The van der Waals surface area contributed by atoms with Crippen LogP contribution in [0.15, 0.2) is 42.5 Å². The van der Waals surface area contributed by atoms with E-state index in [0.717, 1.165) is 18.0 Å². The van der Waals surface area contributed by atoms with Crippen LogP contribution in [0.2, 0.25) is 0 Å². The highest BCUT2D eigenvalue weighted by Crippen LogP contribution is 2.33. The Balaban J connectivity index is 2.46. The first kappa shape index (κ1) is 16.1. The first-order valence-electron chi connectivity index (χ1n) is 6.91. The highest BCUT2D eigenvalue weighted by atomic mass is 127. The number of hydrogen-bond acceptors (Lipinski definition) is 3. The third-order valence-corrected chi connectivity index (χ3v) is 4.35. The zero-order valence-corrected chi connectivity index (χ0v) is 14.7. The number of benzene rings is 2. The minimum atomic E-state index is 0.142. The normalized spacial score (nSPS) is 12.0. The van der Waals surface area contributed by atoms with Crippen LogP contribution in [-0.2, 0) is 0 Å². The standard InChI is InChI=1S/C17H20INO2/c1-4-19-17(13-7-5-6-8-14(13)18)12-9-10-15(20-2)16(11-12)21-3/h5-11,17,19H,4H2,1-3H3. The van der Waals surface area contributed by atoms with Crippen LogP contribution in [0.1, 0.15) is 24.1 Å². The summed E-state index contributed by atoms with van der Waals surface area (Å²) in [4.78, 5) is 0. The molecular formula is C17H20INO2. The van der Waals surface area contributed by atoms with Gasteiger partial charge in [0.25, 0.3) is 0 Å². The van der Waals surface area contributed by atoms with Gasteiger partial charge in [-0.2, -0.15) is 0 Å². The number of halogens is 1. The number of hydrogen-bond donors (Lipinski definition) is 1. The lowest BCUT2D eigenvalue weighted by Crippen LogP contribution is -2.22. The minimum Gasteiger partial charge on any atom is -0.493 e. The van der Waals surface area contributed by atoms with E-state index in [4.69, 9.17) is 9.47 Å². The van der Waals surface area contributed by atoms with Gasteiger partial charge in [0.05, 0.1) is 20.3 Å². The molecule has 0 aliphatic carbocycles. The summed E-state index contributed by atoms with van der Waals surface area (Å²) < 4.78 is 12.0. The Morgan fingerprint density at radius 1 is 1.05 bits per heavy atom. The van der Waals surface area contributed by atoms with Crippen LogP contribution in [0.3, 0.4) is 0 Å². The van der Waals surface area contributed by atoms with Gasteiger partial charge in [-0.3, -0.25) is 0 Å². The molecule has 0 aliphatic heterocycles. The maximum absolute atomic E-state index is 5.42. The van der Waals surface area contributed by atoms with Crippen LogP contribution in [0.25, 0.3) is 0 Å². The van der Waals surface area contributed by atoms with E-state index in [1.54, 1.807) is 14.2 Å². The Hall–Kier alpha value is -1.27. The van der Waals surface area contributed by atoms with Crippen molar-refractivity contribution in [3.05, 3.63) is 57.2 Å². The molecule has 112 valence electrons. The molecule has 0 spiro atoms. The van der Waals surface area contributed by atoms with Crippen LogP contribution in [0.4, 0.5) is 0 Å². The topological polar surface area (TPSA) is 30.5 Å². The lowest BCUT2D eigenvalue weighted by molar-refractivity contribution is 0.354. The van der Waals surface area contributed by atoms with Crippen LogP contribution < -0.4 is 14.8 Å². The molecule has 0 bridgehead atoms. The van der Waals surface area contributed by atoms with E-state index in [9.17, 15) is 0 Å². The van der Waals surface area contributed by atoms with Crippen molar-refractivity contribution in [2.75, 3.05) is 20.8 Å². The molecule has 0 aromatic heterocycles. The summed E-state index contributed by atoms with van der Waals surface area (Å²) in [6, 6.07) is 14.6. The summed E-state index contributed by atoms with van der Waals surface area (Å²) in [5.41, 5.74) is 2.44. The van der Waals surface area contributed by atoms with Gasteiger partial charge in [-0.1, -0.05) is 31.2 Å². The molecule has 0 aliphatic rings. The number of methoxy groups -OCH3 is 2. The average Bonchev–Trinajstić information content (AvgIpc) is 2.53. The van der Waals surface area contributed by atoms with Crippen molar-refractivity contribution in [3.63, 3.8) is 0 Å². The molecule has 0 amide bonds. The first-order chi connectivity index (χ1) is 10.2. The molecular weight excluding hydrogens is 377 g/mol. The summed E-state index contributed by atoms with van der Waals surface area (Å²) in [6.07, 6.45) is 0. The quantitative estimate of drug-likeness (QED) is 0.748. The molecule has 0 saturated carbocycles. The van der Waals surface area contributed by atoms with Crippen LogP contribution in [0, 0.1) is 3.57 Å². The first-order valence-corrected chi connectivity index (χ1v) is 7.98. The predicted molar refractivity (Wildman–Crippen MR) is 94.2 cm³/mol. The van der Waals surface area contributed by atoms with E-state index >= 15 is 0 Å². The minimum absolute atomic E-state index is 0.142. The number of nitrogens with one attached hydrogen (secondary N) is 1. The van der Waals surface area contributed by atoms with E-state index in [1.165, 1.54) is 14.7 Å². The maximum Gasteiger partial charge on any atom is 0.161 e.